The van der Waals surface area contributed by atoms with Crippen molar-refractivity contribution in [1.82, 2.24) is 5.32 Å². The molecule has 0 bridgehead atoms. The topological polar surface area (TPSA) is 21.3 Å². The van der Waals surface area contributed by atoms with Crippen molar-refractivity contribution >= 4 is 11.3 Å². The van der Waals surface area contributed by atoms with E-state index in [1.165, 1.54) is 37.0 Å². The van der Waals surface area contributed by atoms with Crippen LogP contribution in [-0.2, 0) is 11.3 Å². The number of thiophene rings is 1. The molecule has 1 saturated heterocycles. The lowest BCUT2D eigenvalue weighted by molar-refractivity contribution is -0.0839. The van der Waals surface area contributed by atoms with Crippen molar-refractivity contribution in [3.63, 3.8) is 0 Å². The van der Waals surface area contributed by atoms with Gasteiger partial charge < -0.3 is 10.1 Å². The standard InChI is InChI=1S/C20H35NOS/c1-16(2)7-8-17(18-10-12-22-20(3,4)14-18)9-11-21-15-19-6-5-13-23-19/h5-6,13,16-18,21H,7-12,14-15H2,1-4H3/t17-,18+/m1/s1. The summed E-state index contributed by atoms with van der Waals surface area (Å²) in [5, 5.41) is 5.80. The van der Waals surface area contributed by atoms with Crippen LogP contribution in [0.25, 0.3) is 0 Å². The van der Waals surface area contributed by atoms with Crippen molar-refractivity contribution in [3.05, 3.63) is 22.4 Å². The van der Waals surface area contributed by atoms with Gasteiger partial charge in [0, 0.05) is 18.0 Å². The fourth-order valence-corrected chi connectivity index (χ4v) is 4.43. The molecule has 2 heterocycles. The molecule has 3 heteroatoms. The zero-order valence-corrected chi connectivity index (χ0v) is 16.3. The Balaban J connectivity index is 1.80. The molecule has 1 aliphatic rings. The largest absolute Gasteiger partial charge is 0.376 e. The van der Waals surface area contributed by atoms with E-state index >= 15 is 0 Å². The Morgan fingerprint density at radius 3 is 2.78 bits per heavy atom. The second-order valence-corrected chi connectivity index (χ2v) is 9.17. The van der Waals surface area contributed by atoms with Crippen LogP contribution in [0, 0.1) is 17.8 Å². The van der Waals surface area contributed by atoms with Gasteiger partial charge in [-0.3, -0.25) is 0 Å². The van der Waals surface area contributed by atoms with Gasteiger partial charge in [0.25, 0.3) is 0 Å². The molecule has 0 unspecified atom stereocenters. The summed E-state index contributed by atoms with van der Waals surface area (Å²) in [6.07, 6.45) is 6.50. The van der Waals surface area contributed by atoms with Gasteiger partial charge in [-0.1, -0.05) is 26.3 Å². The fraction of sp³-hybridized carbons (Fsp3) is 0.800. The Labute approximate surface area is 147 Å². The summed E-state index contributed by atoms with van der Waals surface area (Å²) in [6.45, 7) is 12.3. The highest BCUT2D eigenvalue weighted by molar-refractivity contribution is 7.09. The van der Waals surface area contributed by atoms with Gasteiger partial charge in [0.1, 0.15) is 0 Å². The summed E-state index contributed by atoms with van der Waals surface area (Å²) >= 11 is 1.84. The average Bonchev–Trinajstić information content (AvgIpc) is 2.98. The highest BCUT2D eigenvalue weighted by Crippen LogP contribution is 2.37. The van der Waals surface area contributed by atoms with Crippen molar-refractivity contribution in [3.8, 4) is 0 Å². The van der Waals surface area contributed by atoms with Crippen molar-refractivity contribution < 1.29 is 4.74 Å². The molecular formula is C20H35NOS. The Bertz CT molecular complexity index is 427. The maximum atomic E-state index is 5.93. The zero-order chi connectivity index (χ0) is 16.7. The van der Waals surface area contributed by atoms with Gasteiger partial charge in [-0.2, -0.15) is 0 Å². The fourth-order valence-electron chi connectivity index (χ4n) is 3.76. The second kappa shape index (κ2) is 9.19. The SMILES string of the molecule is CC(C)CC[C@H](CCNCc1cccs1)[C@H]1CCOC(C)(C)C1. The third-order valence-corrected chi connectivity index (χ3v) is 5.96. The van der Waals surface area contributed by atoms with Gasteiger partial charge in [0.15, 0.2) is 0 Å². The third kappa shape index (κ3) is 6.94. The molecule has 1 aliphatic heterocycles. The third-order valence-electron chi connectivity index (χ3n) is 5.09. The van der Waals surface area contributed by atoms with E-state index in [0.29, 0.717) is 0 Å². The van der Waals surface area contributed by atoms with E-state index in [4.69, 9.17) is 4.74 Å². The van der Waals surface area contributed by atoms with E-state index in [1.807, 2.05) is 11.3 Å². The second-order valence-electron chi connectivity index (χ2n) is 8.14. The summed E-state index contributed by atoms with van der Waals surface area (Å²) in [5.74, 6) is 2.49. The predicted octanol–water partition coefficient (Wildman–Crippen LogP) is 5.49. The van der Waals surface area contributed by atoms with Crippen molar-refractivity contribution in [2.24, 2.45) is 17.8 Å². The Morgan fingerprint density at radius 1 is 1.30 bits per heavy atom. The average molecular weight is 338 g/mol. The van der Waals surface area contributed by atoms with E-state index in [0.717, 1.165) is 37.5 Å². The quantitative estimate of drug-likeness (QED) is 0.602. The minimum absolute atomic E-state index is 0.0728. The molecule has 0 aromatic carbocycles. The Morgan fingerprint density at radius 2 is 2.13 bits per heavy atom. The summed E-state index contributed by atoms with van der Waals surface area (Å²) in [6, 6.07) is 4.35. The smallest absolute Gasteiger partial charge is 0.0629 e. The monoisotopic (exact) mass is 337 g/mol. The molecule has 2 rings (SSSR count). The highest BCUT2D eigenvalue weighted by atomic mass is 32.1. The van der Waals surface area contributed by atoms with Crippen LogP contribution in [0.15, 0.2) is 17.5 Å². The lowest BCUT2D eigenvalue weighted by Gasteiger charge is -2.39. The molecule has 132 valence electrons. The van der Waals surface area contributed by atoms with E-state index in [9.17, 15) is 0 Å². The van der Waals surface area contributed by atoms with Crippen LogP contribution in [0.4, 0.5) is 0 Å². The number of nitrogens with one attached hydrogen (secondary N) is 1. The first-order valence-corrected chi connectivity index (χ1v) is 10.2. The van der Waals surface area contributed by atoms with Crippen molar-refractivity contribution in [1.29, 1.82) is 0 Å². The van der Waals surface area contributed by atoms with Crippen LogP contribution in [0.5, 0.6) is 0 Å². The summed E-state index contributed by atoms with van der Waals surface area (Å²) in [4.78, 5) is 1.44. The van der Waals surface area contributed by atoms with E-state index in [1.54, 1.807) is 0 Å². The van der Waals surface area contributed by atoms with E-state index in [2.05, 4.69) is 50.5 Å². The van der Waals surface area contributed by atoms with Crippen LogP contribution < -0.4 is 5.32 Å². The zero-order valence-electron chi connectivity index (χ0n) is 15.4. The molecule has 2 atom stereocenters. The summed E-state index contributed by atoms with van der Waals surface area (Å²) < 4.78 is 5.93. The van der Waals surface area contributed by atoms with Crippen LogP contribution in [-0.4, -0.2) is 18.8 Å². The minimum Gasteiger partial charge on any atom is -0.376 e. The molecule has 1 aromatic heterocycles. The molecular weight excluding hydrogens is 302 g/mol. The van der Waals surface area contributed by atoms with Gasteiger partial charge in [0.2, 0.25) is 0 Å². The molecule has 0 amide bonds. The first kappa shape index (κ1) is 19.0. The van der Waals surface area contributed by atoms with Crippen molar-refractivity contribution in [2.75, 3.05) is 13.2 Å². The lowest BCUT2D eigenvalue weighted by Crippen LogP contribution is -2.37. The normalized spacial score (nSPS) is 22.4. The van der Waals surface area contributed by atoms with Crippen molar-refractivity contribution in [2.45, 2.75) is 71.9 Å². The number of hydrogen-bond acceptors (Lipinski definition) is 3. The summed E-state index contributed by atoms with van der Waals surface area (Å²) in [7, 11) is 0. The van der Waals surface area contributed by atoms with Gasteiger partial charge in [-0.15, -0.1) is 11.3 Å². The van der Waals surface area contributed by atoms with E-state index in [-0.39, 0.29) is 5.60 Å². The Hall–Kier alpha value is -0.380. The van der Waals surface area contributed by atoms with Crippen LogP contribution in [0.2, 0.25) is 0 Å². The molecule has 1 N–H and O–H groups in total. The molecule has 2 nitrogen and oxygen atoms in total. The molecule has 0 radical (unpaired) electrons. The molecule has 0 spiro atoms. The molecule has 1 fully saturated rings. The number of ether oxygens (including phenoxy) is 1. The van der Waals surface area contributed by atoms with Gasteiger partial charge >= 0.3 is 0 Å². The molecule has 0 saturated carbocycles. The molecule has 0 aliphatic carbocycles. The molecule has 1 aromatic rings. The maximum absolute atomic E-state index is 5.93. The summed E-state index contributed by atoms with van der Waals surface area (Å²) in [5.41, 5.74) is 0.0728. The number of rotatable bonds is 9. The predicted molar refractivity (Wildman–Crippen MR) is 101 cm³/mol. The maximum Gasteiger partial charge on any atom is 0.0629 e. The molecule has 23 heavy (non-hydrogen) atoms. The first-order chi connectivity index (χ1) is 11.0. The van der Waals surface area contributed by atoms with E-state index < -0.39 is 0 Å². The highest BCUT2D eigenvalue weighted by Gasteiger charge is 2.33. The van der Waals surface area contributed by atoms with Gasteiger partial charge in [0.05, 0.1) is 5.60 Å². The van der Waals surface area contributed by atoms with Crippen LogP contribution in [0.3, 0.4) is 0 Å². The number of hydrogen-bond donors (Lipinski definition) is 1. The van der Waals surface area contributed by atoms with Gasteiger partial charge in [-0.05, 0) is 75.3 Å². The van der Waals surface area contributed by atoms with Gasteiger partial charge in [-0.25, -0.2) is 0 Å². The first-order valence-electron chi connectivity index (χ1n) is 9.33. The minimum atomic E-state index is 0.0728. The van der Waals surface area contributed by atoms with Crippen LogP contribution >= 0.6 is 11.3 Å². The Kier molecular flexibility index (Phi) is 7.58. The van der Waals surface area contributed by atoms with Crippen LogP contribution in [0.1, 0.15) is 64.7 Å². The lowest BCUT2D eigenvalue weighted by atomic mass is 9.75.